The predicted molar refractivity (Wildman–Crippen MR) is 111 cm³/mol. The number of para-hydroxylation sites is 2. The van der Waals surface area contributed by atoms with Crippen molar-refractivity contribution in [3.8, 4) is 0 Å². The van der Waals surface area contributed by atoms with Crippen LogP contribution in [0.3, 0.4) is 0 Å². The molecule has 1 aliphatic heterocycles. The van der Waals surface area contributed by atoms with Crippen molar-refractivity contribution in [2.24, 2.45) is 0 Å². The molecular weight excluding hydrogens is 380 g/mol. The van der Waals surface area contributed by atoms with Gasteiger partial charge in [-0.05, 0) is 18.2 Å². The number of hydrogen-bond donors (Lipinski definition) is 0. The first kappa shape index (κ1) is 18.1. The lowest BCUT2D eigenvalue weighted by molar-refractivity contribution is -0.128. The van der Waals surface area contributed by atoms with Crippen LogP contribution in [-0.2, 0) is 4.79 Å². The summed E-state index contributed by atoms with van der Waals surface area (Å²) in [6.07, 6.45) is 1.55. The van der Waals surface area contributed by atoms with Crippen molar-refractivity contribution in [2.45, 2.75) is 5.03 Å². The summed E-state index contributed by atoms with van der Waals surface area (Å²) in [5.74, 6) is 0.522. The second kappa shape index (κ2) is 8.15. The number of amides is 1. The Hall–Kier alpha value is -2.31. The fourth-order valence-corrected chi connectivity index (χ4v) is 4.37. The Kier molecular flexibility index (Phi) is 5.45. The molecular formula is C20H19ClN4OS. The molecule has 138 valence electrons. The van der Waals surface area contributed by atoms with Crippen LogP contribution in [0, 0.1) is 0 Å². The third-order valence-corrected chi connectivity index (χ3v) is 5.97. The number of rotatable bonds is 4. The van der Waals surface area contributed by atoms with Gasteiger partial charge in [-0.25, -0.2) is 9.97 Å². The van der Waals surface area contributed by atoms with Crippen LogP contribution in [-0.4, -0.2) is 52.7 Å². The quantitative estimate of drug-likeness (QED) is 0.495. The van der Waals surface area contributed by atoms with Crippen LogP contribution in [0.15, 0.2) is 59.9 Å². The van der Waals surface area contributed by atoms with Crippen LogP contribution in [0.2, 0.25) is 5.02 Å². The summed E-state index contributed by atoms with van der Waals surface area (Å²) in [6.45, 7) is 2.98. The van der Waals surface area contributed by atoms with E-state index in [-0.39, 0.29) is 5.91 Å². The molecule has 0 N–H and O–H groups in total. The SMILES string of the molecule is O=C(CSc1ncnc2ccccc12)N1CCN(c2ccccc2Cl)CC1. The minimum Gasteiger partial charge on any atom is -0.367 e. The lowest BCUT2D eigenvalue weighted by Crippen LogP contribution is -2.49. The van der Waals surface area contributed by atoms with E-state index in [2.05, 4.69) is 14.9 Å². The van der Waals surface area contributed by atoms with Gasteiger partial charge in [0.15, 0.2) is 0 Å². The molecule has 27 heavy (non-hydrogen) atoms. The molecule has 0 unspecified atom stereocenters. The van der Waals surface area contributed by atoms with Gasteiger partial charge in [-0.2, -0.15) is 0 Å². The number of anilines is 1. The van der Waals surface area contributed by atoms with Gasteiger partial charge in [0.2, 0.25) is 5.91 Å². The van der Waals surface area contributed by atoms with Crippen molar-refractivity contribution in [2.75, 3.05) is 36.8 Å². The van der Waals surface area contributed by atoms with Gasteiger partial charge < -0.3 is 9.80 Å². The number of fused-ring (bicyclic) bond motifs is 1. The lowest BCUT2D eigenvalue weighted by Gasteiger charge is -2.36. The molecule has 0 spiro atoms. The molecule has 1 aliphatic rings. The topological polar surface area (TPSA) is 49.3 Å². The molecule has 0 atom stereocenters. The molecule has 1 aromatic heterocycles. The zero-order chi connectivity index (χ0) is 18.6. The molecule has 2 heterocycles. The summed E-state index contributed by atoms with van der Waals surface area (Å²) in [5.41, 5.74) is 1.93. The Morgan fingerprint density at radius 2 is 1.74 bits per heavy atom. The van der Waals surface area contributed by atoms with Crippen molar-refractivity contribution < 1.29 is 4.79 Å². The number of thioether (sulfide) groups is 1. The minimum atomic E-state index is 0.140. The van der Waals surface area contributed by atoms with E-state index in [1.54, 1.807) is 6.33 Å². The van der Waals surface area contributed by atoms with E-state index in [9.17, 15) is 4.79 Å². The maximum absolute atomic E-state index is 12.6. The lowest BCUT2D eigenvalue weighted by atomic mass is 10.2. The van der Waals surface area contributed by atoms with E-state index < -0.39 is 0 Å². The van der Waals surface area contributed by atoms with Crippen LogP contribution < -0.4 is 4.90 Å². The van der Waals surface area contributed by atoms with Crippen molar-refractivity contribution in [1.82, 2.24) is 14.9 Å². The van der Waals surface area contributed by atoms with Crippen LogP contribution in [0.25, 0.3) is 10.9 Å². The number of nitrogens with zero attached hydrogens (tertiary/aromatic N) is 4. The molecule has 0 bridgehead atoms. The minimum absolute atomic E-state index is 0.140. The highest BCUT2D eigenvalue weighted by molar-refractivity contribution is 8.00. The average molecular weight is 399 g/mol. The molecule has 4 rings (SSSR count). The van der Waals surface area contributed by atoms with Crippen molar-refractivity contribution in [3.63, 3.8) is 0 Å². The Morgan fingerprint density at radius 1 is 1.00 bits per heavy atom. The van der Waals surface area contributed by atoms with E-state index in [0.29, 0.717) is 18.8 Å². The van der Waals surface area contributed by atoms with E-state index in [4.69, 9.17) is 11.6 Å². The van der Waals surface area contributed by atoms with Gasteiger partial charge in [0.25, 0.3) is 0 Å². The molecule has 2 aromatic carbocycles. The maximum atomic E-state index is 12.6. The summed E-state index contributed by atoms with van der Waals surface area (Å²) in [6, 6.07) is 15.7. The van der Waals surface area contributed by atoms with Crippen molar-refractivity contribution in [3.05, 3.63) is 59.9 Å². The second-order valence-electron chi connectivity index (χ2n) is 6.30. The summed E-state index contributed by atoms with van der Waals surface area (Å²) in [7, 11) is 0. The Balaban J connectivity index is 1.35. The van der Waals surface area contributed by atoms with Crippen molar-refractivity contribution in [1.29, 1.82) is 0 Å². The monoisotopic (exact) mass is 398 g/mol. The summed E-state index contributed by atoms with van der Waals surface area (Å²) < 4.78 is 0. The fourth-order valence-electron chi connectivity index (χ4n) is 3.22. The first-order chi connectivity index (χ1) is 13.2. The first-order valence-electron chi connectivity index (χ1n) is 8.82. The normalized spacial score (nSPS) is 14.6. The van der Waals surface area contributed by atoms with Crippen LogP contribution in [0.5, 0.6) is 0 Å². The zero-order valence-corrected chi connectivity index (χ0v) is 16.3. The number of carbonyl (C=O) groups excluding carboxylic acids is 1. The standard InChI is InChI=1S/C20H19ClN4OS/c21-16-6-2-4-8-18(16)24-9-11-25(12-10-24)19(26)13-27-20-15-5-1-3-7-17(15)22-14-23-20/h1-8,14H,9-13H2. The number of benzene rings is 2. The largest absolute Gasteiger partial charge is 0.367 e. The smallest absolute Gasteiger partial charge is 0.233 e. The zero-order valence-electron chi connectivity index (χ0n) is 14.7. The van der Waals surface area contributed by atoms with Gasteiger partial charge in [0, 0.05) is 31.6 Å². The van der Waals surface area contributed by atoms with E-state index in [0.717, 1.165) is 39.7 Å². The van der Waals surface area contributed by atoms with E-state index in [1.165, 1.54) is 11.8 Å². The molecule has 1 fully saturated rings. The molecule has 0 radical (unpaired) electrons. The van der Waals surface area contributed by atoms with Crippen LogP contribution in [0.1, 0.15) is 0 Å². The summed E-state index contributed by atoms with van der Waals surface area (Å²) >= 11 is 7.76. The van der Waals surface area contributed by atoms with E-state index >= 15 is 0 Å². The van der Waals surface area contributed by atoms with Gasteiger partial charge >= 0.3 is 0 Å². The van der Waals surface area contributed by atoms with Gasteiger partial charge in [0.05, 0.1) is 22.0 Å². The first-order valence-corrected chi connectivity index (χ1v) is 10.2. The number of carbonyl (C=O) groups is 1. The Morgan fingerprint density at radius 3 is 2.56 bits per heavy atom. The molecule has 0 aliphatic carbocycles. The molecule has 3 aromatic rings. The highest BCUT2D eigenvalue weighted by Crippen LogP contribution is 2.27. The highest BCUT2D eigenvalue weighted by atomic mass is 35.5. The second-order valence-corrected chi connectivity index (χ2v) is 7.68. The number of piperazine rings is 1. The van der Waals surface area contributed by atoms with Gasteiger partial charge in [-0.3, -0.25) is 4.79 Å². The van der Waals surface area contributed by atoms with Gasteiger partial charge in [-0.1, -0.05) is 53.7 Å². The summed E-state index contributed by atoms with van der Waals surface area (Å²) in [4.78, 5) is 25.4. The van der Waals surface area contributed by atoms with Crippen molar-refractivity contribution >= 4 is 45.9 Å². The predicted octanol–water partition coefficient (Wildman–Crippen LogP) is 3.72. The molecule has 1 saturated heterocycles. The Bertz CT molecular complexity index is 954. The molecule has 7 heteroatoms. The highest BCUT2D eigenvalue weighted by Gasteiger charge is 2.22. The van der Waals surface area contributed by atoms with Crippen LogP contribution >= 0.6 is 23.4 Å². The van der Waals surface area contributed by atoms with E-state index in [1.807, 2.05) is 53.4 Å². The molecule has 1 amide bonds. The van der Waals surface area contributed by atoms with Gasteiger partial charge in [-0.15, -0.1) is 0 Å². The number of hydrogen-bond acceptors (Lipinski definition) is 5. The maximum Gasteiger partial charge on any atom is 0.233 e. The summed E-state index contributed by atoms with van der Waals surface area (Å²) in [5, 5.41) is 2.59. The molecule has 5 nitrogen and oxygen atoms in total. The fraction of sp³-hybridized carbons (Fsp3) is 0.250. The van der Waals surface area contributed by atoms with Gasteiger partial charge in [0.1, 0.15) is 11.4 Å². The molecule has 0 saturated carbocycles. The third kappa shape index (κ3) is 4.01. The number of aromatic nitrogens is 2. The Labute approximate surface area is 167 Å². The third-order valence-electron chi connectivity index (χ3n) is 4.66. The average Bonchev–Trinajstić information content (AvgIpc) is 2.72. The van der Waals surface area contributed by atoms with Crippen LogP contribution in [0.4, 0.5) is 5.69 Å². The number of halogens is 1.